The molecule has 8 heteroatoms. The molecule has 0 bridgehead atoms. The van der Waals surface area contributed by atoms with E-state index in [1.54, 1.807) is 18.9 Å². The van der Waals surface area contributed by atoms with Crippen LogP contribution >= 0.6 is 11.8 Å². The molecule has 2 saturated heterocycles. The molecule has 0 aliphatic carbocycles. The van der Waals surface area contributed by atoms with Crippen LogP contribution in [0, 0.1) is 0 Å². The van der Waals surface area contributed by atoms with Crippen LogP contribution in [0.2, 0.25) is 0 Å². The van der Waals surface area contributed by atoms with Crippen LogP contribution in [0.1, 0.15) is 34.9 Å². The monoisotopic (exact) mass is 414 g/mol. The van der Waals surface area contributed by atoms with Crippen molar-refractivity contribution < 1.29 is 14.3 Å². The highest BCUT2D eigenvalue weighted by atomic mass is 32.2. The standard InChI is InChI=1S/C21H26N4O3S/c1-27-17-6-2-5-15-19-16(13-29-20(15)17)18(21(26)24-8-10-28-11-9-24)23-25(19)14-4-3-7-22-12-14/h2,5-6,14,22H,3-4,7-13H2,1H3. The number of nitrogens with one attached hydrogen (secondary N) is 1. The highest BCUT2D eigenvalue weighted by molar-refractivity contribution is 7.98. The number of hydrogen-bond donors (Lipinski definition) is 1. The van der Waals surface area contributed by atoms with Crippen LogP contribution in [0.15, 0.2) is 23.1 Å². The second-order valence-electron chi connectivity index (χ2n) is 7.65. The van der Waals surface area contributed by atoms with Gasteiger partial charge in [-0.1, -0.05) is 12.1 Å². The quantitative estimate of drug-likeness (QED) is 0.833. The number of amides is 1. The third-order valence-corrected chi connectivity index (χ3v) is 7.08. The van der Waals surface area contributed by atoms with Gasteiger partial charge in [-0.3, -0.25) is 9.48 Å². The molecule has 4 heterocycles. The van der Waals surface area contributed by atoms with Gasteiger partial charge in [0.2, 0.25) is 0 Å². The maximum Gasteiger partial charge on any atom is 0.274 e. The van der Waals surface area contributed by atoms with Crippen molar-refractivity contribution in [3.8, 4) is 17.0 Å². The van der Waals surface area contributed by atoms with Gasteiger partial charge in [0.25, 0.3) is 5.91 Å². The Kier molecular flexibility index (Phi) is 5.24. The molecule has 0 spiro atoms. The summed E-state index contributed by atoms with van der Waals surface area (Å²) in [6.07, 6.45) is 2.19. The van der Waals surface area contributed by atoms with Gasteiger partial charge in [0, 0.05) is 36.5 Å². The zero-order chi connectivity index (χ0) is 19.8. The normalized spacial score (nSPS) is 21.4. The van der Waals surface area contributed by atoms with E-state index in [1.165, 1.54) is 0 Å². The highest BCUT2D eigenvalue weighted by Gasteiger charge is 2.34. The predicted molar refractivity (Wildman–Crippen MR) is 112 cm³/mol. The van der Waals surface area contributed by atoms with Crippen molar-refractivity contribution in [1.29, 1.82) is 0 Å². The van der Waals surface area contributed by atoms with Gasteiger partial charge in [-0.05, 0) is 25.5 Å². The molecule has 5 rings (SSSR count). The van der Waals surface area contributed by atoms with Crippen LogP contribution in [-0.2, 0) is 10.5 Å². The minimum atomic E-state index is 0.0269. The Morgan fingerprint density at radius 2 is 2.21 bits per heavy atom. The van der Waals surface area contributed by atoms with Gasteiger partial charge < -0.3 is 19.7 Å². The van der Waals surface area contributed by atoms with Crippen LogP contribution in [-0.4, -0.2) is 67.1 Å². The Morgan fingerprint density at radius 3 is 2.97 bits per heavy atom. The summed E-state index contributed by atoms with van der Waals surface area (Å²) in [4.78, 5) is 16.4. The lowest BCUT2D eigenvalue weighted by atomic mass is 10.0. The zero-order valence-corrected chi connectivity index (χ0v) is 17.5. The summed E-state index contributed by atoms with van der Waals surface area (Å²) in [5.74, 6) is 1.64. The second kappa shape index (κ2) is 8.01. The van der Waals surface area contributed by atoms with E-state index in [-0.39, 0.29) is 11.9 Å². The largest absolute Gasteiger partial charge is 0.496 e. The Labute approximate surface area is 174 Å². The molecule has 1 N–H and O–H groups in total. The zero-order valence-electron chi connectivity index (χ0n) is 16.6. The minimum Gasteiger partial charge on any atom is -0.496 e. The van der Waals surface area contributed by atoms with Gasteiger partial charge in [-0.15, -0.1) is 11.8 Å². The van der Waals surface area contributed by atoms with Gasteiger partial charge >= 0.3 is 0 Å². The van der Waals surface area contributed by atoms with Crippen LogP contribution in [0.5, 0.6) is 5.75 Å². The van der Waals surface area contributed by atoms with E-state index in [9.17, 15) is 4.79 Å². The number of aromatic nitrogens is 2. The van der Waals surface area contributed by atoms with Gasteiger partial charge in [0.05, 0.1) is 37.0 Å². The molecule has 2 aromatic rings. The Bertz CT molecular complexity index is 917. The molecule has 154 valence electrons. The number of nitrogens with zero attached hydrogens (tertiary/aromatic N) is 3. The highest BCUT2D eigenvalue weighted by Crippen LogP contribution is 2.48. The first kappa shape index (κ1) is 19.0. The number of carbonyl (C=O) groups excluding carboxylic acids is 1. The number of hydrogen-bond acceptors (Lipinski definition) is 6. The first-order valence-electron chi connectivity index (χ1n) is 10.3. The Morgan fingerprint density at radius 1 is 1.34 bits per heavy atom. The van der Waals surface area contributed by atoms with E-state index in [0.29, 0.717) is 32.0 Å². The average Bonchev–Trinajstić information content (AvgIpc) is 3.19. The fraction of sp³-hybridized carbons (Fsp3) is 0.524. The minimum absolute atomic E-state index is 0.0269. The van der Waals surface area contributed by atoms with E-state index >= 15 is 0 Å². The van der Waals surface area contributed by atoms with E-state index in [1.807, 2.05) is 17.0 Å². The number of benzene rings is 1. The molecule has 29 heavy (non-hydrogen) atoms. The second-order valence-corrected chi connectivity index (χ2v) is 8.64. The third-order valence-electron chi connectivity index (χ3n) is 5.94. The summed E-state index contributed by atoms with van der Waals surface area (Å²) in [7, 11) is 1.71. The predicted octanol–water partition coefficient (Wildman–Crippen LogP) is 2.56. The molecule has 3 aliphatic rings. The first-order valence-corrected chi connectivity index (χ1v) is 11.3. The molecular formula is C21H26N4O3S. The van der Waals surface area contributed by atoms with Crippen molar-refractivity contribution in [2.24, 2.45) is 0 Å². The van der Waals surface area contributed by atoms with E-state index < -0.39 is 0 Å². The molecule has 1 aromatic heterocycles. The van der Waals surface area contributed by atoms with Gasteiger partial charge in [0.15, 0.2) is 5.69 Å². The lowest BCUT2D eigenvalue weighted by Crippen LogP contribution is -2.41. The molecule has 0 radical (unpaired) electrons. The SMILES string of the molecule is COc1cccc2c1SCc1c(C(=O)N3CCOCC3)nn(C3CCCNC3)c1-2. The smallest absolute Gasteiger partial charge is 0.274 e. The van der Waals surface area contributed by atoms with E-state index in [2.05, 4.69) is 16.1 Å². The van der Waals surface area contributed by atoms with Crippen LogP contribution in [0.3, 0.4) is 0 Å². The number of morpholine rings is 1. The van der Waals surface area contributed by atoms with Crippen molar-refractivity contribution >= 4 is 17.7 Å². The summed E-state index contributed by atoms with van der Waals surface area (Å²) in [5, 5.41) is 8.42. The van der Waals surface area contributed by atoms with Crippen molar-refractivity contribution in [3.63, 3.8) is 0 Å². The molecule has 7 nitrogen and oxygen atoms in total. The van der Waals surface area contributed by atoms with Crippen LogP contribution in [0.25, 0.3) is 11.3 Å². The topological polar surface area (TPSA) is 68.6 Å². The van der Waals surface area contributed by atoms with Crippen LogP contribution in [0.4, 0.5) is 0 Å². The molecule has 0 saturated carbocycles. The number of piperidine rings is 1. The fourth-order valence-electron chi connectivity index (χ4n) is 4.44. The van der Waals surface area contributed by atoms with Gasteiger partial charge in [-0.25, -0.2) is 0 Å². The molecular weight excluding hydrogens is 388 g/mol. The number of fused-ring (bicyclic) bond motifs is 3. The van der Waals surface area contributed by atoms with Crippen molar-refractivity contribution in [2.75, 3.05) is 46.5 Å². The van der Waals surface area contributed by atoms with E-state index in [4.69, 9.17) is 14.6 Å². The van der Waals surface area contributed by atoms with Crippen molar-refractivity contribution in [2.45, 2.75) is 29.5 Å². The van der Waals surface area contributed by atoms with Gasteiger partial charge in [-0.2, -0.15) is 5.10 Å². The Hall–Kier alpha value is -2.03. The summed E-state index contributed by atoms with van der Waals surface area (Å²) in [6.45, 7) is 4.36. The Balaban J connectivity index is 1.63. The molecule has 1 amide bonds. The number of methoxy groups -OCH3 is 1. The first-order chi connectivity index (χ1) is 14.3. The number of thioether (sulfide) groups is 1. The molecule has 1 aromatic carbocycles. The average molecular weight is 415 g/mol. The summed E-state index contributed by atoms with van der Waals surface area (Å²) in [5.41, 5.74) is 3.86. The maximum atomic E-state index is 13.3. The summed E-state index contributed by atoms with van der Waals surface area (Å²) >= 11 is 1.73. The lowest BCUT2D eigenvalue weighted by Gasteiger charge is -2.27. The number of carbonyl (C=O) groups is 1. The van der Waals surface area contributed by atoms with Crippen molar-refractivity contribution in [3.05, 3.63) is 29.5 Å². The summed E-state index contributed by atoms with van der Waals surface area (Å²) in [6, 6.07) is 6.40. The lowest BCUT2D eigenvalue weighted by molar-refractivity contribution is 0.0297. The molecule has 1 atom stereocenters. The molecule has 2 fully saturated rings. The third kappa shape index (κ3) is 3.33. The fourth-order valence-corrected chi connectivity index (χ4v) is 5.62. The van der Waals surface area contributed by atoms with Crippen LogP contribution < -0.4 is 10.1 Å². The summed E-state index contributed by atoms with van der Waals surface area (Å²) < 4.78 is 13.2. The van der Waals surface area contributed by atoms with Gasteiger partial charge in [0.1, 0.15) is 5.75 Å². The van der Waals surface area contributed by atoms with E-state index in [0.717, 1.165) is 59.1 Å². The van der Waals surface area contributed by atoms with Crippen molar-refractivity contribution in [1.82, 2.24) is 20.0 Å². The number of rotatable bonds is 3. The number of ether oxygens (including phenoxy) is 2. The molecule has 3 aliphatic heterocycles. The molecule has 1 unspecified atom stereocenters. The maximum absolute atomic E-state index is 13.3.